The topological polar surface area (TPSA) is 52.6 Å². The summed E-state index contributed by atoms with van der Waals surface area (Å²) in [5, 5.41) is 12.5. The number of hydrogen-bond donors (Lipinski definition) is 2. The molecule has 0 aliphatic heterocycles. The van der Waals surface area contributed by atoms with Crippen LogP contribution in [0.3, 0.4) is 0 Å². The highest BCUT2D eigenvalue weighted by Crippen LogP contribution is 2.16. The van der Waals surface area contributed by atoms with Crippen LogP contribution in [0.1, 0.15) is 5.56 Å². The normalized spacial score (nSPS) is 10.1. The zero-order valence-corrected chi connectivity index (χ0v) is 9.73. The van der Waals surface area contributed by atoms with Gasteiger partial charge in [-0.25, -0.2) is 0 Å². The monoisotopic (exact) mass is 222 g/mol. The zero-order valence-electron chi connectivity index (χ0n) is 9.73. The molecule has 0 unspecified atom stereocenters. The number of phenols is 1. The molecule has 1 amide bonds. The molecule has 2 N–H and O–H groups in total. The van der Waals surface area contributed by atoms with Crippen LogP contribution in [0.15, 0.2) is 24.3 Å². The van der Waals surface area contributed by atoms with E-state index in [4.69, 9.17) is 0 Å². The Morgan fingerprint density at radius 2 is 2.12 bits per heavy atom. The highest BCUT2D eigenvalue weighted by Gasteiger charge is 2.10. The number of likely N-dealkylation sites (N-methyl/N-ethyl adjacent to an activating group) is 2. The molecule has 0 heterocycles. The van der Waals surface area contributed by atoms with Gasteiger partial charge in [0, 0.05) is 25.7 Å². The number of para-hydroxylation sites is 1. The summed E-state index contributed by atoms with van der Waals surface area (Å²) in [5.74, 6) is 0.189. The summed E-state index contributed by atoms with van der Waals surface area (Å²) in [6.45, 7) is 1.44. The molecule has 4 heteroatoms. The Hall–Kier alpha value is -1.55. The average molecular weight is 222 g/mol. The van der Waals surface area contributed by atoms with Gasteiger partial charge >= 0.3 is 0 Å². The standard InChI is InChI=1S/C12H18N2O2/c1-13-7-8-14(2)12(16)9-10-5-3-4-6-11(10)15/h3-6,13,15H,7-9H2,1-2H3. The molecular formula is C12H18N2O2. The van der Waals surface area contributed by atoms with Crippen molar-refractivity contribution in [2.45, 2.75) is 6.42 Å². The quantitative estimate of drug-likeness (QED) is 0.767. The number of aromatic hydroxyl groups is 1. The summed E-state index contributed by atoms with van der Waals surface area (Å²) in [7, 11) is 3.61. The second kappa shape index (κ2) is 6.12. The molecule has 1 rings (SSSR count). The van der Waals surface area contributed by atoms with Crippen LogP contribution in [-0.4, -0.2) is 43.1 Å². The van der Waals surface area contributed by atoms with E-state index in [1.54, 1.807) is 30.1 Å². The average Bonchev–Trinajstić information content (AvgIpc) is 2.28. The maximum Gasteiger partial charge on any atom is 0.226 e. The molecule has 0 saturated carbocycles. The number of carbonyl (C=O) groups is 1. The maximum atomic E-state index is 11.8. The van der Waals surface area contributed by atoms with Gasteiger partial charge in [-0.3, -0.25) is 4.79 Å². The fraction of sp³-hybridized carbons (Fsp3) is 0.417. The maximum absolute atomic E-state index is 11.8. The number of carbonyl (C=O) groups excluding carboxylic acids is 1. The van der Waals surface area contributed by atoms with E-state index in [0.717, 1.165) is 6.54 Å². The van der Waals surface area contributed by atoms with E-state index in [9.17, 15) is 9.90 Å². The van der Waals surface area contributed by atoms with Gasteiger partial charge in [-0.1, -0.05) is 18.2 Å². The molecule has 88 valence electrons. The van der Waals surface area contributed by atoms with Gasteiger partial charge in [0.1, 0.15) is 5.75 Å². The molecule has 0 atom stereocenters. The van der Waals surface area contributed by atoms with Crippen LogP contribution < -0.4 is 5.32 Å². The van der Waals surface area contributed by atoms with Crippen LogP contribution in [0, 0.1) is 0 Å². The van der Waals surface area contributed by atoms with Crippen molar-refractivity contribution < 1.29 is 9.90 Å². The van der Waals surface area contributed by atoms with Crippen molar-refractivity contribution in [1.29, 1.82) is 0 Å². The van der Waals surface area contributed by atoms with E-state index in [2.05, 4.69) is 5.32 Å². The minimum Gasteiger partial charge on any atom is -0.508 e. The third-order valence-corrected chi connectivity index (χ3v) is 2.46. The van der Waals surface area contributed by atoms with Crippen molar-refractivity contribution in [3.63, 3.8) is 0 Å². The van der Waals surface area contributed by atoms with Crippen LogP contribution in [-0.2, 0) is 11.2 Å². The van der Waals surface area contributed by atoms with Crippen molar-refractivity contribution in [3.8, 4) is 5.75 Å². The van der Waals surface area contributed by atoms with E-state index >= 15 is 0 Å². The minimum atomic E-state index is 0.0109. The van der Waals surface area contributed by atoms with E-state index in [1.165, 1.54) is 0 Å². The highest BCUT2D eigenvalue weighted by molar-refractivity contribution is 5.79. The third kappa shape index (κ3) is 3.55. The lowest BCUT2D eigenvalue weighted by Crippen LogP contribution is -2.33. The Kier molecular flexibility index (Phi) is 4.79. The molecule has 0 fully saturated rings. The summed E-state index contributed by atoms with van der Waals surface area (Å²) in [6, 6.07) is 6.92. The second-order valence-corrected chi connectivity index (χ2v) is 3.72. The molecule has 0 aliphatic carbocycles. The van der Waals surface area contributed by atoms with Gasteiger partial charge in [0.15, 0.2) is 0 Å². The molecule has 0 bridgehead atoms. The molecule has 4 nitrogen and oxygen atoms in total. The summed E-state index contributed by atoms with van der Waals surface area (Å²) in [4.78, 5) is 13.4. The van der Waals surface area contributed by atoms with Crippen LogP contribution in [0.25, 0.3) is 0 Å². The molecule has 1 aromatic rings. The molecule has 0 spiro atoms. The summed E-state index contributed by atoms with van der Waals surface area (Å²) in [5.41, 5.74) is 0.670. The first kappa shape index (κ1) is 12.5. The smallest absolute Gasteiger partial charge is 0.226 e. The first-order valence-corrected chi connectivity index (χ1v) is 5.30. The third-order valence-electron chi connectivity index (χ3n) is 2.46. The Morgan fingerprint density at radius 1 is 1.44 bits per heavy atom. The first-order valence-electron chi connectivity index (χ1n) is 5.30. The number of rotatable bonds is 5. The molecule has 16 heavy (non-hydrogen) atoms. The highest BCUT2D eigenvalue weighted by atomic mass is 16.3. The van der Waals surface area contributed by atoms with Crippen LogP contribution in [0.4, 0.5) is 0 Å². The minimum absolute atomic E-state index is 0.0109. The molecule has 0 aliphatic rings. The Balaban J connectivity index is 2.54. The number of phenolic OH excluding ortho intramolecular Hbond substituents is 1. The first-order chi connectivity index (χ1) is 7.65. The number of nitrogens with zero attached hydrogens (tertiary/aromatic N) is 1. The molecule has 0 aromatic heterocycles. The van der Waals surface area contributed by atoms with E-state index in [0.29, 0.717) is 12.1 Å². The number of amides is 1. The largest absolute Gasteiger partial charge is 0.508 e. The zero-order chi connectivity index (χ0) is 12.0. The van der Waals surface area contributed by atoms with E-state index in [1.807, 2.05) is 13.1 Å². The van der Waals surface area contributed by atoms with Crippen molar-refractivity contribution in [1.82, 2.24) is 10.2 Å². The number of hydrogen-bond acceptors (Lipinski definition) is 3. The van der Waals surface area contributed by atoms with Gasteiger partial charge in [0.2, 0.25) is 5.91 Å². The fourth-order valence-electron chi connectivity index (χ4n) is 1.36. The predicted molar refractivity (Wildman–Crippen MR) is 63.4 cm³/mol. The van der Waals surface area contributed by atoms with Crippen molar-refractivity contribution in [2.24, 2.45) is 0 Å². The van der Waals surface area contributed by atoms with Crippen LogP contribution >= 0.6 is 0 Å². The fourth-order valence-corrected chi connectivity index (χ4v) is 1.36. The number of nitrogens with one attached hydrogen (secondary N) is 1. The summed E-state index contributed by atoms with van der Waals surface area (Å²) in [6.07, 6.45) is 0.243. The Bertz CT molecular complexity index is 353. The van der Waals surface area contributed by atoms with Crippen molar-refractivity contribution in [2.75, 3.05) is 27.2 Å². The van der Waals surface area contributed by atoms with Gasteiger partial charge < -0.3 is 15.3 Å². The Labute approximate surface area is 95.9 Å². The van der Waals surface area contributed by atoms with E-state index in [-0.39, 0.29) is 18.1 Å². The van der Waals surface area contributed by atoms with Gasteiger partial charge in [-0.2, -0.15) is 0 Å². The lowest BCUT2D eigenvalue weighted by molar-refractivity contribution is -0.129. The molecular weight excluding hydrogens is 204 g/mol. The van der Waals surface area contributed by atoms with Crippen molar-refractivity contribution in [3.05, 3.63) is 29.8 Å². The van der Waals surface area contributed by atoms with Gasteiger partial charge in [0.25, 0.3) is 0 Å². The molecule has 0 saturated heterocycles. The van der Waals surface area contributed by atoms with E-state index < -0.39 is 0 Å². The SMILES string of the molecule is CNCCN(C)C(=O)Cc1ccccc1O. The van der Waals surface area contributed by atoms with Gasteiger partial charge in [-0.15, -0.1) is 0 Å². The second-order valence-electron chi connectivity index (χ2n) is 3.72. The van der Waals surface area contributed by atoms with Crippen LogP contribution in [0.5, 0.6) is 5.75 Å². The van der Waals surface area contributed by atoms with Gasteiger partial charge in [-0.05, 0) is 13.1 Å². The van der Waals surface area contributed by atoms with Gasteiger partial charge in [0.05, 0.1) is 6.42 Å². The van der Waals surface area contributed by atoms with Crippen molar-refractivity contribution >= 4 is 5.91 Å². The lowest BCUT2D eigenvalue weighted by atomic mass is 10.1. The Morgan fingerprint density at radius 3 is 2.75 bits per heavy atom. The van der Waals surface area contributed by atoms with Crippen LogP contribution in [0.2, 0.25) is 0 Å². The summed E-state index contributed by atoms with van der Waals surface area (Å²) >= 11 is 0. The predicted octanol–water partition coefficient (Wildman–Crippen LogP) is 0.612. The molecule has 0 radical (unpaired) electrons. The number of benzene rings is 1. The molecule has 1 aromatic carbocycles. The lowest BCUT2D eigenvalue weighted by Gasteiger charge is -2.17. The summed E-state index contributed by atoms with van der Waals surface area (Å²) < 4.78 is 0.